The summed E-state index contributed by atoms with van der Waals surface area (Å²) in [5, 5.41) is 0.671. The van der Waals surface area contributed by atoms with Crippen LogP contribution < -0.4 is 5.73 Å². The summed E-state index contributed by atoms with van der Waals surface area (Å²) in [7, 11) is 0. The predicted molar refractivity (Wildman–Crippen MR) is 65.0 cm³/mol. The molecule has 3 heteroatoms. The molecule has 15 heavy (non-hydrogen) atoms. The van der Waals surface area contributed by atoms with Crippen LogP contribution in [0.5, 0.6) is 0 Å². The minimum Gasteiger partial charge on any atom is -0.398 e. The van der Waals surface area contributed by atoms with Gasteiger partial charge in [0.05, 0.1) is 10.7 Å². The van der Waals surface area contributed by atoms with Gasteiger partial charge in [-0.05, 0) is 43.6 Å². The molecule has 0 amide bonds. The Kier molecular flexibility index (Phi) is 3.49. The van der Waals surface area contributed by atoms with Crippen LogP contribution in [0.4, 0.5) is 5.69 Å². The Bertz CT molecular complexity index is 332. The topological polar surface area (TPSA) is 29.3 Å². The maximum absolute atomic E-state index is 5.99. The van der Waals surface area contributed by atoms with Gasteiger partial charge in [0.25, 0.3) is 0 Å². The molecular weight excluding hydrogens is 208 g/mol. The second kappa shape index (κ2) is 4.86. The number of piperidine rings is 1. The molecule has 1 saturated heterocycles. The molecule has 0 atom stereocenters. The molecular formula is C12H17ClN2. The van der Waals surface area contributed by atoms with Crippen LogP contribution in [0.25, 0.3) is 0 Å². The van der Waals surface area contributed by atoms with Crippen LogP contribution in [0.1, 0.15) is 24.8 Å². The fraction of sp³-hybridized carbons (Fsp3) is 0.500. The molecule has 0 radical (unpaired) electrons. The lowest BCUT2D eigenvalue weighted by molar-refractivity contribution is 0.221. The normalized spacial score (nSPS) is 17.9. The van der Waals surface area contributed by atoms with Crippen LogP contribution in [0.15, 0.2) is 18.2 Å². The molecule has 0 bridgehead atoms. The van der Waals surface area contributed by atoms with Crippen molar-refractivity contribution in [3.8, 4) is 0 Å². The monoisotopic (exact) mass is 224 g/mol. The van der Waals surface area contributed by atoms with Gasteiger partial charge in [0, 0.05) is 6.54 Å². The number of benzene rings is 1. The summed E-state index contributed by atoms with van der Waals surface area (Å²) in [6.07, 6.45) is 4.02. The Morgan fingerprint density at radius 1 is 1.20 bits per heavy atom. The Balaban J connectivity index is 2.00. The lowest BCUT2D eigenvalue weighted by Gasteiger charge is -2.26. The quantitative estimate of drug-likeness (QED) is 0.783. The number of halogens is 1. The van der Waals surface area contributed by atoms with Crippen molar-refractivity contribution < 1.29 is 0 Å². The number of likely N-dealkylation sites (tertiary alicyclic amines) is 1. The first-order valence-electron chi connectivity index (χ1n) is 5.52. The second-order valence-electron chi connectivity index (χ2n) is 4.19. The van der Waals surface area contributed by atoms with Crippen molar-refractivity contribution in [3.63, 3.8) is 0 Å². The lowest BCUT2D eigenvalue weighted by Crippen LogP contribution is -2.29. The van der Waals surface area contributed by atoms with Crippen LogP contribution in [0, 0.1) is 0 Å². The predicted octanol–water partition coefficient (Wildman–Crippen LogP) is 2.91. The number of hydrogen-bond donors (Lipinski definition) is 1. The van der Waals surface area contributed by atoms with Gasteiger partial charge in [-0.25, -0.2) is 0 Å². The van der Waals surface area contributed by atoms with Gasteiger partial charge < -0.3 is 5.73 Å². The summed E-state index contributed by atoms with van der Waals surface area (Å²) in [5.41, 5.74) is 7.60. The molecule has 2 nitrogen and oxygen atoms in total. The summed E-state index contributed by atoms with van der Waals surface area (Å²) < 4.78 is 0. The first kappa shape index (κ1) is 10.8. The number of nitrogen functional groups attached to an aromatic ring is 1. The molecule has 0 spiro atoms. The average molecular weight is 225 g/mol. The second-order valence-corrected chi connectivity index (χ2v) is 4.60. The van der Waals surface area contributed by atoms with Crippen LogP contribution >= 0.6 is 11.6 Å². The highest BCUT2D eigenvalue weighted by molar-refractivity contribution is 6.33. The molecule has 1 fully saturated rings. The average Bonchev–Trinajstić information content (AvgIpc) is 2.25. The fourth-order valence-corrected chi connectivity index (χ4v) is 2.25. The molecule has 1 aromatic carbocycles. The number of nitrogens with zero attached hydrogens (tertiary/aromatic N) is 1. The van der Waals surface area contributed by atoms with Gasteiger partial charge in [-0.2, -0.15) is 0 Å². The molecule has 82 valence electrons. The first-order valence-corrected chi connectivity index (χ1v) is 5.90. The molecule has 0 aliphatic carbocycles. The summed E-state index contributed by atoms with van der Waals surface area (Å²) in [4.78, 5) is 2.48. The highest BCUT2D eigenvalue weighted by Gasteiger charge is 2.10. The van der Waals surface area contributed by atoms with Crippen molar-refractivity contribution in [1.29, 1.82) is 0 Å². The Morgan fingerprint density at radius 2 is 1.93 bits per heavy atom. The van der Waals surface area contributed by atoms with E-state index < -0.39 is 0 Å². The van der Waals surface area contributed by atoms with Gasteiger partial charge in [-0.3, -0.25) is 4.90 Å². The zero-order chi connectivity index (χ0) is 10.7. The maximum Gasteiger partial charge on any atom is 0.0638 e. The Labute approximate surface area is 96.0 Å². The van der Waals surface area contributed by atoms with Crippen molar-refractivity contribution >= 4 is 17.3 Å². The van der Waals surface area contributed by atoms with Crippen LogP contribution in [0.3, 0.4) is 0 Å². The molecule has 1 heterocycles. The van der Waals surface area contributed by atoms with Crippen molar-refractivity contribution in [2.75, 3.05) is 18.8 Å². The third kappa shape index (κ3) is 2.86. The smallest absolute Gasteiger partial charge is 0.0638 e. The largest absolute Gasteiger partial charge is 0.398 e. The number of rotatable bonds is 2. The van der Waals surface area contributed by atoms with Crippen molar-refractivity contribution in [2.24, 2.45) is 0 Å². The maximum atomic E-state index is 5.99. The highest BCUT2D eigenvalue weighted by Crippen LogP contribution is 2.21. The van der Waals surface area contributed by atoms with E-state index in [2.05, 4.69) is 11.0 Å². The van der Waals surface area contributed by atoms with E-state index in [-0.39, 0.29) is 0 Å². The lowest BCUT2D eigenvalue weighted by atomic mass is 10.1. The van der Waals surface area contributed by atoms with E-state index >= 15 is 0 Å². The van der Waals surface area contributed by atoms with E-state index in [9.17, 15) is 0 Å². The molecule has 1 aliphatic heterocycles. The zero-order valence-corrected chi connectivity index (χ0v) is 9.63. The van der Waals surface area contributed by atoms with E-state index in [1.807, 2.05) is 12.1 Å². The number of hydrogen-bond acceptors (Lipinski definition) is 2. The molecule has 0 saturated carbocycles. The minimum atomic E-state index is 0.666. The third-order valence-corrected chi connectivity index (χ3v) is 3.25. The van der Waals surface area contributed by atoms with Gasteiger partial charge in [-0.15, -0.1) is 0 Å². The van der Waals surface area contributed by atoms with Gasteiger partial charge in [0.1, 0.15) is 0 Å². The number of anilines is 1. The summed E-state index contributed by atoms with van der Waals surface area (Å²) in [6, 6.07) is 5.93. The van der Waals surface area contributed by atoms with E-state index in [0.717, 1.165) is 6.54 Å². The van der Waals surface area contributed by atoms with Crippen molar-refractivity contribution in [1.82, 2.24) is 4.90 Å². The van der Waals surface area contributed by atoms with Gasteiger partial charge in [0.15, 0.2) is 0 Å². The molecule has 2 N–H and O–H groups in total. The molecule has 1 aromatic rings. The molecule has 2 rings (SSSR count). The summed E-state index contributed by atoms with van der Waals surface area (Å²) in [6.45, 7) is 3.42. The van der Waals surface area contributed by atoms with Crippen LogP contribution in [-0.4, -0.2) is 18.0 Å². The molecule has 0 unspecified atom stereocenters. The summed E-state index contributed by atoms with van der Waals surface area (Å²) >= 11 is 5.99. The van der Waals surface area contributed by atoms with Gasteiger partial charge >= 0.3 is 0 Å². The first-order chi connectivity index (χ1) is 7.25. The Morgan fingerprint density at radius 3 is 2.60 bits per heavy atom. The number of nitrogens with two attached hydrogens (primary N) is 1. The SMILES string of the molecule is Nc1ccc(CN2CCCCC2)cc1Cl. The van der Waals surface area contributed by atoms with E-state index in [1.165, 1.54) is 37.9 Å². The molecule has 0 aromatic heterocycles. The van der Waals surface area contributed by atoms with E-state index in [0.29, 0.717) is 10.7 Å². The molecule has 1 aliphatic rings. The Hall–Kier alpha value is -0.730. The van der Waals surface area contributed by atoms with E-state index in [1.54, 1.807) is 0 Å². The van der Waals surface area contributed by atoms with Crippen LogP contribution in [-0.2, 0) is 6.54 Å². The van der Waals surface area contributed by atoms with E-state index in [4.69, 9.17) is 17.3 Å². The van der Waals surface area contributed by atoms with Gasteiger partial charge in [0.2, 0.25) is 0 Å². The minimum absolute atomic E-state index is 0.666. The third-order valence-electron chi connectivity index (χ3n) is 2.92. The summed E-state index contributed by atoms with van der Waals surface area (Å²) in [5.74, 6) is 0. The van der Waals surface area contributed by atoms with Crippen LogP contribution in [0.2, 0.25) is 5.02 Å². The fourth-order valence-electron chi connectivity index (χ4n) is 2.04. The van der Waals surface area contributed by atoms with Crippen molar-refractivity contribution in [3.05, 3.63) is 28.8 Å². The highest BCUT2D eigenvalue weighted by atomic mass is 35.5. The van der Waals surface area contributed by atoms with Gasteiger partial charge in [-0.1, -0.05) is 24.1 Å². The standard InChI is InChI=1S/C12H17ClN2/c13-11-8-10(4-5-12(11)14)9-15-6-2-1-3-7-15/h4-5,8H,1-3,6-7,9,14H2. The van der Waals surface area contributed by atoms with Crippen molar-refractivity contribution in [2.45, 2.75) is 25.8 Å². The zero-order valence-electron chi connectivity index (χ0n) is 8.88.